The van der Waals surface area contributed by atoms with Crippen molar-refractivity contribution in [3.05, 3.63) is 28.2 Å². The standard InChI is InChI=1S/C13H19BrN2O3/c1-13(2,3)19-7-6-18-11-5-4-9(14)8-10(11)12(15)16-17/h4-5,8,17H,6-7H2,1-3H3,(H2,15,16). The average molecular weight is 331 g/mol. The van der Waals surface area contributed by atoms with Gasteiger partial charge in [0.15, 0.2) is 5.84 Å². The van der Waals surface area contributed by atoms with Crippen molar-refractivity contribution in [2.45, 2.75) is 26.4 Å². The molecule has 0 bridgehead atoms. The van der Waals surface area contributed by atoms with E-state index in [1.165, 1.54) is 0 Å². The minimum absolute atomic E-state index is 0.00744. The van der Waals surface area contributed by atoms with E-state index in [2.05, 4.69) is 21.1 Å². The van der Waals surface area contributed by atoms with E-state index in [4.69, 9.17) is 20.4 Å². The molecule has 1 aromatic carbocycles. The van der Waals surface area contributed by atoms with Crippen LogP contribution in [-0.2, 0) is 4.74 Å². The molecule has 1 rings (SSSR count). The monoisotopic (exact) mass is 330 g/mol. The number of nitrogens with zero attached hydrogens (tertiary/aromatic N) is 1. The maximum atomic E-state index is 8.75. The largest absolute Gasteiger partial charge is 0.490 e. The number of hydrogen-bond acceptors (Lipinski definition) is 4. The van der Waals surface area contributed by atoms with E-state index in [0.29, 0.717) is 24.5 Å². The van der Waals surface area contributed by atoms with Crippen molar-refractivity contribution in [1.29, 1.82) is 0 Å². The summed E-state index contributed by atoms with van der Waals surface area (Å²) in [5.74, 6) is 0.559. The predicted octanol–water partition coefficient (Wildman–Crippen LogP) is 2.74. The minimum Gasteiger partial charge on any atom is -0.490 e. The molecule has 0 amide bonds. The van der Waals surface area contributed by atoms with E-state index >= 15 is 0 Å². The molecule has 0 aliphatic rings. The quantitative estimate of drug-likeness (QED) is 0.286. The van der Waals surface area contributed by atoms with Crippen molar-refractivity contribution in [3.63, 3.8) is 0 Å². The summed E-state index contributed by atoms with van der Waals surface area (Å²) in [6.45, 7) is 6.80. The SMILES string of the molecule is CC(C)(C)OCCOc1ccc(Br)cc1/C(N)=N/O. The molecule has 0 fully saturated rings. The Bertz CT molecular complexity index is 456. The van der Waals surface area contributed by atoms with Gasteiger partial charge in [-0.3, -0.25) is 0 Å². The molecule has 6 heteroatoms. The number of rotatable bonds is 5. The van der Waals surface area contributed by atoms with Crippen LogP contribution in [0.3, 0.4) is 0 Å². The van der Waals surface area contributed by atoms with Gasteiger partial charge in [-0.1, -0.05) is 21.1 Å². The molecule has 3 N–H and O–H groups in total. The van der Waals surface area contributed by atoms with Gasteiger partial charge >= 0.3 is 0 Å². The van der Waals surface area contributed by atoms with Gasteiger partial charge in [0.05, 0.1) is 17.8 Å². The molecular weight excluding hydrogens is 312 g/mol. The average Bonchev–Trinajstić information content (AvgIpc) is 2.33. The molecule has 0 unspecified atom stereocenters. The fourth-order valence-corrected chi connectivity index (χ4v) is 1.74. The number of halogens is 1. The number of benzene rings is 1. The zero-order valence-corrected chi connectivity index (χ0v) is 12.9. The highest BCUT2D eigenvalue weighted by Crippen LogP contribution is 2.23. The molecule has 0 spiro atoms. The van der Waals surface area contributed by atoms with E-state index < -0.39 is 0 Å². The molecule has 106 valence electrons. The number of oxime groups is 1. The summed E-state index contributed by atoms with van der Waals surface area (Å²) in [4.78, 5) is 0. The van der Waals surface area contributed by atoms with Crippen molar-refractivity contribution in [2.75, 3.05) is 13.2 Å². The smallest absolute Gasteiger partial charge is 0.173 e. The topological polar surface area (TPSA) is 77.1 Å². The Labute approximate surface area is 121 Å². The Hall–Kier alpha value is -1.27. The molecule has 0 radical (unpaired) electrons. The highest BCUT2D eigenvalue weighted by Gasteiger charge is 2.11. The van der Waals surface area contributed by atoms with Gasteiger partial charge in [-0.15, -0.1) is 0 Å². The molecule has 1 aromatic rings. The van der Waals surface area contributed by atoms with Crippen molar-refractivity contribution in [3.8, 4) is 5.75 Å². The van der Waals surface area contributed by atoms with Gasteiger partial charge in [0, 0.05) is 4.47 Å². The second-order valence-corrected chi connectivity index (χ2v) is 5.85. The highest BCUT2D eigenvalue weighted by molar-refractivity contribution is 9.10. The summed E-state index contributed by atoms with van der Waals surface area (Å²) in [5, 5.41) is 11.7. The van der Waals surface area contributed by atoms with Crippen LogP contribution in [0, 0.1) is 0 Å². The van der Waals surface area contributed by atoms with E-state index in [9.17, 15) is 0 Å². The molecule has 0 aliphatic carbocycles. The number of ether oxygens (including phenoxy) is 2. The van der Waals surface area contributed by atoms with Gasteiger partial charge in [-0.2, -0.15) is 0 Å². The third-order valence-corrected chi connectivity index (χ3v) is 2.69. The lowest BCUT2D eigenvalue weighted by Crippen LogP contribution is -2.23. The first kappa shape index (κ1) is 15.8. The van der Waals surface area contributed by atoms with Crippen LogP contribution in [0.2, 0.25) is 0 Å². The molecule has 5 nitrogen and oxygen atoms in total. The first-order chi connectivity index (χ1) is 8.83. The van der Waals surface area contributed by atoms with Gasteiger partial charge in [0.1, 0.15) is 12.4 Å². The Balaban J connectivity index is 2.68. The summed E-state index contributed by atoms with van der Waals surface area (Å²) in [7, 11) is 0. The molecule has 0 saturated heterocycles. The number of hydrogen-bond donors (Lipinski definition) is 2. The summed E-state index contributed by atoms with van der Waals surface area (Å²) >= 11 is 3.33. The van der Waals surface area contributed by atoms with Gasteiger partial charge in [-0.25, -0.2) is 0 Å². The van der Waals surface area contributed by atoms with Crippen molar-refractivity contribution >= 4 is 21.8 Å². The van der Waals surface area contributed by atoms with E-state index in [1.807, 2.05) is 26.8 Å². The fraction of sp³-hybridized carbons (Fsp3) is 0.462. The maximum absolute atomic E-state index is 8.75. The minimum atomic E-state index is -0.197. The van der Waals surface area contributed by atoms with Crippen LogP contribution < -0.4 is 10.5 Å². The summed E-state index contributed by atoms with van der Waals surface area (Å²) in [5.41, 5.74) is 5.94. The molecule has 0 atom stereocenters. The van der Waals surface area contributed by atoms with Gasteiger partial charge in [-0.05, 0) is 39.0 Å². The summed E-state index contributed by atoms with van der Waals surface area (Å²) in [6.07, 6.45) is 0. The van der Waals surface area contributed by atoms with Crippen molar-refractivity contribution in [2.24, 2.45) is 10.9 Å². The van der Waals surface area contributed by atoms with Crippen LogP contribution in [0.1, 0.15) is 26.3 Å². The maximum Gasteiger partial charge on any atom is 0.173 e. The Morgan fingerprint density at radius 1 is 1.37 bits per heavy atom. The van der Waals surface area contributed by atoms with Crippen LogP contribution >= 0.6 is 15.9 Å². The fourth-order valence-electron chi connectivity index (χ4n) is 1.38. The summed E-state index contributed by atoms with van der Waals surface area (Å²) < 4.78 is 12.0. The number of amidine groups is 1. The van der Waals surface area contributed by atoms with E-state index in [0.717, 1.165) is 4.47 Å². The summed E-state index contributed by atoms with van der Waals surface area (Å²) in [6, 6.07) is 5.32. The third kappa shape index (κ3) is 5.48. The Morgan fingerprint density at radius 3 is 2.63 bits per heavy atom. The van der Waals surface area contributed by atoms with Crippen LogP contribution in [0.25, 0.3) is 0 Å². The Morgan fingerprint density at radius 2 is 2.05 bits per heavy atom. The predicted molar refractivity (Wildman–Crippen MR) is 77.9 cm³/mol. The Kier molecular flexibility index (Phi) is 5.62. The lowest BCUT2D eigenvalue weighted by atomic mass is 10.2. The lowest BCUT2D eigenvalue weighted by Gasteiger charge is -2.20. The van der Waals surface area contributed by atoms with E-state index in [-0.39, 0.29) is 11.4 Å². The molecule has 0 saturated carbocycles. The second kappa shape index (κ2) is 6.77. The second-order valence-electron chi connectivity index (χ2n) is 4.94. The first-order valence-corrected chi connectivity index (χ1v) is 6.67. The highest BCUT2D eigenvalue weighted by atomic mass is 79.9. The number of nitrogens with two attached hydrogens (primary N) is 1. The zero-order chi connectivity index (χ0) is 14.5. The molecular formula is C13H19BrN2O3. The first-order valence-electron chi connectivity index (χ1n) is 5.87. The van der Waals surface area contributed by atoms with Crippen LogP contribution in [-0.4, -0.2) is 29.9 Å². The molecule has 0 aliphatic heterocycles. The van der Waals surface area contributed by atoms with Gasteiger partial charge in [0.2, 0.25) is 0 Å². The third-order valence-electron chi connectivity index (χ3n) is 2.20. The van der Waals surface area contributed by atoms with Gasteiger partial charge < -0.3 is 20.4 Å². The van der Waals surface area contributed by atoms with Gasteiger partial charge in [0.25, 0.3) is 0 Å². The normalized spacial score (nSPS) is 12.5. The van der Waals surface area contributed by atoms with Crippen LogP contribution in [0.15, 0.2) is 27.8 Å². The van der Waals surface area contributed by atoms with Crippen molar-refractivity contribution < 1.29 is 14.7 Å². The molecule has 0 heterocycles. The molecule has 19 heavy (non-hydrogen) atoms. The van der Waals surface area contributed by atoms with E-state index in [1.54, 1.807) is 12.1 Å². The zero-order valence-electron chi connectivity index (χ0n) is 11.3. The van der Waals surface area contributed by atoms with Crippen LogP contribution in [0.5, 0.6) is 5.75 Å². The van der Waals surface area contributed by atoms with Crippen LogP contribution in [0.4, 0.5) is 0 Å². The molecule has 0 aromatic heterocycles. The van der Waals surface area contributed by atoms with Crippen molar-refractivity contribution in [1.82, 2.24) is 0 Å². The lowest BCUT2D eigenvalue weighted by molar-refractivity contribution is -0.0163.